The van der Waals surface area contributed by atoms with Crippen LogP contribution in [-0.2, 0) is 4.79 Å². The molecule has 0 bridgehead atoms. The Morgan fingerprint density at radius 2 is 1.84 bits per heavy atom. The van der Waals surface area contributed by atoms with Crippen molar-refractivity contribution in [3.05, 3.63) is 24.3 Å². The van der Waals surface area contributed by atoms with E-state index < -0.39 is 0 Å². The van der Waals surface area contributed by atoms with Gasteiger partial charge in [0.25, 0.3) is 0 Å². The zero-order valence-electron chi connectivity index (χ0n) is 15.1. The first kappa shape index (κ1) is 18.2. The maximum Gasteiger partial charge on any atom is 0.224 e. The molecular weight excluding hydrogens is 316 g/mol. The summed E-state index contributed by atoms with van der Waals surface area (Å²) in [6.07, 6.45) is 6.20. The number of ether oxygens (including phenoxy) is 1. The molecule has 1 aliphatic heterocycles. The Morgan fingerprint density at radius 1 is 1.16 bits per heavy atom. The van der Waals surface area contributed by atoms with Crippen LogP contribution >= 0.6 is 0 Å². The number of carbonyl (C=O) groups excluding carboxylic acids is 1. The minimum absolute atomic E-state index is 0.0888. The molecule has 1 aromatic rings. The smallest absolute Gasteiger partial charge is 0.224 e. The van der Waals surface area contributed by atoms with Gasteiger partial charge in [-0.15, -0.1) is 0 Å². The van der Waals surface area contributed by atoms with E-state index in [2.05, 4.69) is 17.3 Å². The lowest BCUT2D eigenvalue weighted by atomic mass is 9.93. The molecule has 2 aliphatic rings. The van der Waals surface area contributed by atoms with E-state index >= 15 is 0 Å². The number of nitrogens with zero attached hydrogens (tertiary/aromatic N) is 1. The number of likely N-dealkylation sites (tertiary alicyclic amines) is 1. The fraction of sp³-hybridized carbons (Fsp3) is 0.650. The summed E-state index contributed by atoms with van der Waals surface area (Å²) in [5, 5.41) is 13.0. The molecule has 1 aromatic carbocycles. The van der Waals surface area contributed by atoms with Crippen LogP contribution in [0.5, 0.6) is 5.75 Å². The van der Waals surface area contributed by atoms with E-state index in [0.717, 1.165) is 63.1 Å². The van der Waals surface area contributed by atoms with Crippen molar-refractivity contribution < 1.29 is 14.6 Å². The Hall–Kier alpha value is -1.59. The van der Waals surface area contributed by atoms with Crippen LogP contribution in [-0.4, -0.2) is 48.3 Å². The maximum atomic E-state index is 12.2. The number of nitrogens with one attached hydrogen (secondary N) is 1. The van der Waals surface area contributed by atoms with Crippen molar-refractivity contribution in [3.8, 4) is 5.75 Å². The molecule has 138 valence electrons. The van der Waals surface area contributed by atoms with Crippen molar-refractivity contribution in [2.24, 2.45) is 5.92 Å². The molecule has 1 amide bonds. The van der Waals surface area contributed by atoms with Crippen molar-refractivity contribution >= 4 is 11.6 Å². The standard InChI is InChI=1S/C20H30N2O3/c1-22-12-10-15(11-13-22)14-20(24)21-16-6-8-17(9-7-16)25-19-5-3-2-4-18(19)23/h6-9,15,18-19,23H,2-5,10-14H2,1H3,(H,21,24)/t18-,19-/m1/s1. The van der Waals surface area contributed by atoms with Crippen LogP contribution < -0.4 is 10.1 Å². The number of anilines is 1. The van der Waals surface area contributed by atoms with Gasteiger partial charge in [-0.05, 0) is 82.4 Å². The summed E-state index contributed by atoms with van der Waals surface area (Å²) in [6.45, 7) is 2.16. The van der Waals surface area contributed by atoms with Gasteiger partial charge in [-0.25, -0.2) is 0 Å². The third-order valence-electron chi connectivity index (χ3n) is 5.41. The van der Waals surface area contributed by atoms with Crippen molar-refractivity contribution in [3.63, 3.8) is 0 Å². The van der Waals surface area contributed by atoms with Crippen LogP contribution in [0.25, 0.3) is 0 Å². The minimum atomic E-state index is -0.373. The number of carbonyl (C=O) groups is 1. The van der Waals surface area contributed by atoms with Crippen molar-refractivity contribution in [1.82, 2.24) is 4.90 Å². The van der Waals surface area contributed by atoms with Gasteiger partial charge < -0.3 is 20.1 Å². The number of aliphatic hydroxyl groups is 1. The zero-order valence-corrected chi connectivity index (χ0v) is 15.1. The van der Waals surface area contributed by atoms with Crippen LogP contribution in [0.2, 0.25) is 0 Å². The molecule has 0 spiro atoms. The molecule has 1 aliphatic carbocycles. The molecule has 0 radical (unpaired) electrons. The normalized spacial score (nSPS) is 25.5. The van der Waals surface area contributed by atoms with Crippen molar-refractivity contribution in [1.29, 1.82) is 0 Å². The molecule has 2 N–H and O–H groups in total. The zero-order chi connectivity index (χ0) is 17.6. The largest absolute Gasteiger partial charge is 0.488 e. The maximum absolute atomic E-state index is 12.2. The number of hydrogen-bond acceptors (Lipinski definition) is 4. The van der Waals surface area contributed by atoms with E-state index in [1.54, 1.807) is 0 Å². The summed E-state index contributed by atoms with van der Waals surface area (Å²) < 4.78 is 5.89. The highest BCUT2D eigenvalue weighted by molar-refractivity contribution is 5.90. The number of hydrogen-bond donors (Lipinski definition) is 2. The van der Waals surface area contributed by atoms with E-state index in [0.29, 0.717) is 12.3 Å². The van der Waals surface area contributed by atoms with E-state index in [4.69, 9.17) is 4.74 Å². The second-order valence-electron chi connectivity index (χ2n) is 7.53. The van der Waals surface area contributed by atoms with Gasteiger partial charge in [0.2, 0.25) is 5.91 Å². The predicted molar refractivity (Wildman–Crippen MR) is 98.8 cm³/mol. The van der Waals surface area contributed by atoms with Crippen LogP contribution in [0, 0.1) is 5.92 Å². The third-order valence-corrected chi connectivity index (χ3v) is 5.41. The first-order valence-electron chi connectivity index (χ1n) is 9.53. The quantitative estimate of drug-likeness (QED) is 0.860. The Labute approximate surface area is 150 Å². The van der Waals surface area contributed by atoms with Gasteiger partial charge in [0.15, 0.2) is 0 Å². The van der Waals surface area contributed by atoms with Gasteiger partial charge in [-0.1, -0.05) is 6.42 Å². The van der Waals surface area contributed by atoms with Gasteiger partial charge in [0.1, 0.15) is 11.9 Å². The number of amides is 1. The molecule has 2 fully saturated rings. The monoisotopic (exact) mass is 346 g/mol. The van der Waals surface area contributed by atoms with E-state index in [1.165, 1.54) is 0 Å². The predicted octanol–water partition coefficient (Wildman–Crippen LogP) is 3.04. The highest BCUT2D eigenvalue weighted by Crippen LogP contribution is 2.25. The molecule has 3 rings (SSSR count). The fourth-order valence-electron chi connectivity index (χ4n) is 3.75. The second-order valence-corrected chi connectivity index (χ2v) is 7.53. The fourth-order valence-corrected chi connectivity index (χ4v) is 3.75. The molecule has 5 nitrogen and oxygen atoms in total. The summed E-state index contributed by atoms with van der Waals surface area (Å²) in [5.41, 5.74) is 0.800. The van der Waals surface area contributed by atoms with Gasteiger partial charge in [0.05, 0.1) is 6.10 Å². The number of piperidine rings is 1. The van der Waals surface area contributed by atoms with Gasteiger partial charge >= 0.3 is 0 Å². The highest BCUT2D eigenvalue weighted by atomic mass is 16.5. The first-order valence-corrected chi connectivity index (χ1v) is 9.53. The molecule has 2 atom stereocenters. The van der Waals surface area contributed by atoms with Crippen molar-refractivity contribution in [2.75, 3.05) is 25.5 Å². The first-order chi connectivity index (χ1) is 12.1. The van der Waals surface area contributed by atoms with E-state index in [-0.39, 0.29) is 18.1 Å². The van der Waals surface area contributed by atoms with Crippen LogP contribution in [0.4, 0.5) is 5.69 Å². The minimum Gasteiger partial charge on any atom is -0.488 e. The lowest BCUT2D eigenvalue weighted by molar-refractivity contribution is -0.117. The third kappa shape index (κ3) is 5.44. The highest BCUT2D eigenvalue weighted by Gasteiger charge is 2.24. The summed E-state index contributed by atoms with van der Waals surface area (Å²) >= 11 is 0. The molecular formula is C20H30N2O3. The van der Waals surface area contributed by atoms with Crippen LogP contribution in [0.3, 0.4) is 0 Å². The SMILES string of the molecule is CN1CCC(CC(=O)Nc2ccc(O[C@@H]3CCCC[C@H]3O)cc2)CC1. The van der Waals surface area contributed by atoms with E-state index in [1.807, 2.05) is 24.3 Å². The second kappa shape index (κ2) is 8.68. The lowest BCUT2D eigenvalue weighted by Crippen LogP contribution is -2.34. The number of rotatable bonds is 5. The van der Waals surface area contributed by atoms with Crippen LogP contribution in [0.1, 0.15) is 44.9 Å². The average Bonchev–Trinajstić information content (AvgIpc) is 2.61. The topological polar surface area (TPSA) is 61.8 Å². The molecule has 1 heterocycles. The summed E-state index contributed by atoms with van der Waals surface area (Å²) in [4.78, 5) is 14.5. The number of aliphatic hydroxyl groups excluding tert-OH is 1. The lowest BCUT2D eigenvalue weighted by Gasteiger charge is -2.28. The summed E-state index contributed by atoms with van der Waals surface area (Å²) in [6, 6.07) is 7.48. The molecule has 25 heavy (non-hydrogen) atoms. The molecule has 0 aromatic heterocycles. The molecule has 1 saturated heterocycles. The van der Waals surface area contributed by atoms with Gasteiger partial charge in [-0.2, -0.15) is 0 Å². The summed E-state index contributed by atoms with van der Waals surface area (Å²) in [7, 11) is 2.13. The Morgan fingerprint density at radius 3 is 2.52 bits per heavy atom. The molecule has 0 unspecified atom stereocenters. The Bertz CT molecular complexity index is 553. The Balaban J connectivity index is 1.46. The average molecular weight is 346 g/mol. The van der Waals surface area contributed by atoms with Gasteiger partial charge in [-0.3, -0.25) is 4.79 Å². The number of benzene rings is 1. The summed E-state index contributed by atoms with van der Waals surface area (Å²) in [5.74, 6) is 1.33. The van der Waals surface area contributed by atoms with Crippen LogP contribution in [0.15, 0.2) is 24.3 Å². The van der Waals surface area contributed by atoms with E-state index in [9.17, 15) is 9.90 Å². The Kier molecular flexibility index (Phi) is 6.32. The van der Waals surface area contributed by atoms with Gasteiger partial charge in [0, 0.05) is 12.1 Å². The molecule has 1 saturated carbocycles. The van der Waals surface area contributed by atoms with Crippen molar-refractivity contribution in [2.45, 2.75) is 57.2 Å². The molecule has 5 heteroatoms.